The van der Waals surface area contributed by atoms with Gasteiger partial charge in [-0.15, -0.1) is 0 Å². The molecule has 1 atom stereocenters. The van der Waals surface area contributed by atoms with Crippen LogP contribution in [0.2, 0.25) is 0 Å². The average molecular weight is 431 g/mol. The molecule has 0 fully saturated rings. The number of rotatable bonds is 4. The van der Waals surface area contributed by atoms with E-state index in [1.807, 2.05) is 6.92 Å². The van der Waals surface area contributed by atoms with Crippen LogP contribution in [0.25, 0.3) is 0 Å². The van der Waals surface area contributed by atoms with Gasteiger partial charge in [0.2, 0.25) is 0 Å². The van der Waals surface area contributed by atoms with Gasteiger partial charge in [-0.2, -0.15) is 4.40 Å². The standard InChI is InChI=1S/C16H19BrN2O3S2/c1-12-5-7-15(8-6-12)24(21,22)19-11-13(17)9-14(19)10-18-23(20)16(2,3)4/h5-11H,1-4H3/b18-10+/t23-/m1/s1. The summed E-state index contributed by atoms with van der Waals surface area (Å²) < 4.78 is 42.9. The first-order valence-corrected chi connectivity index (χ1v) is 10.5. The second-order valence-corrected chi connectivity index (χ2v) is 11.0. The van der Waals surface area contributed by atoms with Crippen molar-refractivity contribution in [2.24, 2.45) is 4.40 Å². The molecule has 0 aliphatic heterocycles. The van der Waals surface area contributed by atoms with Crippen molar-refractivity contribution >= 4 is 43.2 Å². The number of hydrogen-bond donors (Lipinski definition) is 0. The summed E-state index contributed by atoms with van der Waals surface area (Å²) in [5, 5.41) is 0. The molecule has 5 nitrogen and oxygen atoms in total. The van der Waals surface area contributed by atoms with E-state index in [-0.39, 0.29) is 4.90 Å². The fourth-order valence-corrected chi connectivity index (χ4v) is 4.25. The van der Waals surface area contributed by atoms with Crippen LogP contribution in [-0.2, 0) is 21.0 Å². The lowest BCUT2D eigenvalue weighted by molar-refractivity contribution is 0.587. The lowest BCUT2D eigenvalue weighted by atomic mass is 10.2. The van der Waals surface area contributed by atoms with Crippen molar-refractivity contribution in [1.29, 1.82) is 0 Å². The van der Waals surface area contributed by atoms with Crippen LogP contribution in [0.3, 0.4) is 0 Å². The van der Waals surface area contributed by atoms with E-state index < -0.39 is 25.8 Å². The molecular weight excluding hydrogens is 412 g/mol. The zero-order valence-corrected chi connectivity index (χ0v) is 17.1. The van der Waals surface area contributed by atoms with Crippen LogP contribution < -0.4 is 0 Å². The fraction of sp³-hybridized carbons (Fsp3) is 0.312. The fourth-order valence-electron chi connectivity index (χ4n) is 1.81. The Labute approximate surface area is 153 Å². The van der Waals surface area contributed by atoms with Crippen LogP contribution in [-0.4, -0.2) is 27.6 Å². The van der Waals surface area contributed by atoms with Gasteiger partial charge in [0, 0.05) is 10.7 Å². The van der Waals surface area contributed by atoms with E-state index in [0.29, 0.717) is 10.2 Å². The lowest BCUT2D eigenvalue weighted by Crippen LogP contribution is -2.20. The molecule has 0 aliphatic rings. The Morgan fingerprint density at radius 1 is 1.21 bits per heavy atom. The van der Waals surface area contributed by atoms with Gasteiger partial charge < -0.3 is 0 Å². The van der Waals surface area contributed by atoms with Crippen LogP contribution in [0, 0.1) is 6.92 Å². The average Bonchev–Trinajstić information content (AvgIpc) is 2.86. The third-order valence-corrected chi connectivity index (χ3v) is 6.64. The number of benzene rings is 1. The molecule has 0 saturated heterocycles. The van der Waals surface area contributed by atoms with Gasteiger partial charge in [0.05, 0.1) is 21.6 Å². The predicted molar refractivity (Wildman–Crippen MR) is 101 cm³/mol. The molecule has 0 saturated carbocycles. The Morgan fingerprint density at radius 3 is 2.33 bits per heavy atom. The monoisotopic (exact) mass is 430 g/mol. The van der Waals surface area contributed by atoms with Gasteiger partial charge in [-0.3, -0.25) is 0 Å². The molecule has 130 valence electrons. The summed E-state index contributed by atoms with van der Waals surface area (Å²) in [5.41, 5.74) is 1.31. The van der Waals surface area contributed by atoms with Crippen LogP contribution in [0.5, 0.6) is 0 Å². The molecule has 2 rings (SSSR count). The van der Waals surface area contributed by atoms with E-state index >= 15 is 0 Å². The maximum Gasteiger partial charge on any atom is 0.268 e. The smallest absolute Gasteiger partial charge is 0.239 e. The van der Waals surface area contributed by atoms with Crippen LogP contribution in [0.15, 0.2) is 50.3 Å². The SMILES string of the molecule is Cc1ccc(S(=O)(=O)n2cc(Br)cc2/C=N/[S@](=O)C(C)(C)C)cc1. The second kappa shape index (κ2) is 6.93. The highest BCUT2D eigenvalue weighted by Crippen LogP contribution is 2.22. The number of aromatic nitrogens is 1. The summed E-state index contributed by atoms with van der Waals surface area (Å²) in [4.78, 5) is 0.183. The zero-order chi connectivity index (χ0) is 18.1. The van der Waals surface area contributed by atoms with E-state index in [0.717, 1.165) is 9.54 Å². The number of nitrogens with zero attached hydrogens (tertiary/aromatic N) is 2. The Balaban J connectivity index is 2.47. The van der Waals surface area contributed by atoms with Gasteiger partial charge in [-0.1, -0.05) is 17.7 Å². The van der Waals surface area contributed by atoms with Crippen molar-refractivity contribution in [3.63, 3.8) is 0 Å². The summed E-state index contributed by atoms with van der Waals surface area (Å²) in [6, 6.07) is 8.23. The Bertz CT molecular complexity index is 892. The van der Waals surface area contributed by atoms with Gasteiger partial charge >= 0.3 is 0 Å². The molecule has 0 amide bonds. The maximum atomic E-state index is 12.8. The molecule has 0 aliphatic carbocycles. The molecule has 1 aromatic heterocycles. The third kappa shape index (κ3) is 4.23. The molecule has 2 aromatic rings. The van der Waals surface area contributed by atoms with Gasteiger partial charge in [-0.25, -0.2) is 16.6 Å². The van der Waals surface area contributed by atoms with Gasteiger partial charge in [0.15, 0.2) is 0 Å². The number of aryl methyl sites for hydroxylation is 1. The molecule has 1 heterocycles. The van der Waals surface area contributed by atoms with Crippen molar-refractivity contribution < 1.29 is 12.6 Å². The molecule has 1 aromatic carbocycles. The first-order chi connectivity index (χ1) is 11.0. The summed E-state index contributed by atoms with van der Waals surface area (Å²) >= 11 is 3.28. The molecule has 0 N–H and O–H groups in total. The predicted octanol–water partition coefficient (Wildman–Crippen LogP) is 3.68. The van der Waals surface area contributed by atoms with Gasteiger partial charge in [-0.05, 0) is 61.8 Å². The minimum atomic E-state index is -3.75. The van der Waals surface area contributed by atoms with Gasteiger partial charge in [0.1, 0.15) is 11.0 Å². The van der Waals surface area contributed by atoms with Crippen LogP contribution in [0.4, 0.5) is 0 Å². The van der Waals surface area contributed by atoms with Gasteiger partial charge in [0.25, 0.3) is 10.0 Å². The normalized spacial score (nSPS) is 14.2. The Kier molecular flexibility index (Phi) is 5.51. The summed E-state index contributed by atoms with van der Waals surface area (Å²) in [5.74, 6) is 0. The van der Waals surface area contributed by atoms with Crippen molar-refractivity contribution in [1.82, 2.24) is 3.97 Å². The maximum absolute atomic E-state index is 12.8. The summed E-state index contributed by atoms with van der Waals surface area (Å²) in [7, 11) is -5.22. The highest BCUT2D eigenvalue weighted by atomic mass is 79.9. The lowest BCUT2D eigenvalue weighted by Gasteiger charge is -2.13. The first-order valence-electron chi connectivity index (χ1n) is 7.18. The molecule has 0 unspecified atom stereocenters. The minimum absolute atomic E-state index is 0.183. The molecular formula is C16H19BrN2O3S2. The van der Waals surface area contributed by atoms with E-state index in [1.165, 1.54) is 12.4 Å². The number of halogens is 1. The quantitative estimate of drug-likeness (QED) is 0.694. The zero-order valence-electron chi connectivity index (χ0n) is 13.9. The summed E-state index contributed by atoms with van der Waals surface area (Å²) in [6.07, 6.45) is 2.79. The molecule has 24 heavy (non-hydrogen) atoms. The van der Waals surface area contributed by atoms with Crippen LogP contribution >= 0.6 is 15.9 Å². The Morgan fingerprint density at radius 2 is 1.79 bits per heavy atom. The van der Waals surface area contributed by atoms with Crippen molar-refractivity contribution in [2.75, 3.05) is 0 Å². The van der Waals surface area contributed by atoms with E-state index in [1.54, 1.807) is 51.1 Å². The third-order valence-electron chi connectivity index (χ3n) is 3.16. The van der Waals surface area contributed by atoms with E-state index in [2.05, 4.69) is 20.3 Å². The van der Waals surface area contributed by atoms with E-state index in [4.69, 9.17) is 0 Å². The number of hydrogen-bond acceptors (Lipinski definition) is 3. The molecule has 8 heteroatoms. The largest absolute Gasteiger partial charge is 0.268 e. The summed E-state index contributed by atoms with van der Waals surface area (Å²) in [6.45, 7) is 7.30. The second-order valence-electron chi connectivity index (χ2n) is 6.29. The molecule has 0 radical (unpaired) electrons. The van der Waals surface area contributed by atoms with E-state index in [9.17, 15) is 12.6 Å². The highest BCUT2D eigenvalue weighted by Gasteiger charge is 2.21. The molecule has 0 bridgehead atoms. The Hall–Kier alpha value is -1.25. The topological polar surface area (TPSA) is 68.5 Å². The van der Waals surface area contributed by atoms with Crippen LogP contribution in [0.1, 0.15) is 32.0 Å². The van der Waals surface area contributed by atoms with Crippen molar-refractivity contribution in [2.45, 2.75) is 37.3 Å². The minimum Gasteiger partial charge on any atom is -0.239 e. The van der Waals surface area contributed by atoms with Crippen molar-refractivity contribution in [3.8, 4) is 0 Å². The highest BCUT2D eigenvalue weighted by molar-refractivity contribution is 9.10. The molecule has 0 spiro atoms. The first kappa shape index (κ1) is 19.1. The van der Waals surface area contributed by atoms with Crippen molar-refractivity contribution in [3.05, 3.63) is 52.3 Å².